The van der Waals surface area contributed by atoms with Crippen molar-refractivity contribution in [2.24, 2.45) is 5.10 Å². The molecule has 0 amide bonds. The van der Waals surface area contributed by atoms with Crippen molar-refractivity contribution in [1.82, 2.24) is 14.9 Å². The topological polar surface area (TPSA) is 75.4 Å². The number of aromatic hydroxyl groups is 1. The minimum Gasteiger partial charge on any atom is -0.506 e. The van der Waals surface area contributed by atoms with Crippen molar-refractivity contribution in [3.63, 3.8) is 0 Å². The summed E-state index contributed by atoms with van der Waals surface area (Å²) in [6.07, 6.45) is 1.56. The molecule has 0 aliphatic carbocycles. The predicted octanol–water partition coefficient (Wildman–Crippen LogP) is 4.41. The molecule has 2 N–H and O–H groups in total. The molecule has 0 fully saturated rings. The number of halogens is 2. The number of rotatable bonds is 4. The Hall–Kier alpha value is -1.47. The summed E-state index contributed by atoms with van der Waals surface area (Å²) in [5, 5.41) is 21.6. The van der Waals surface area contributed by atoms with Gasteiger partial charge in [-0.15, -0.1) is 0 Å². The molecular formula is C16H12I2N4O2S. The van der Waals surface area contributed by atoms with Gasteiger partial charge in [-0.05, 0) is 81.7 Å². The molecule has 2 aromatic carbocycles. The van der Waals surface area contributed by atoms with Crippen molar-refractivity contribution in [3.05, 3.63) is 53.9 Å². The van der Waals surface area contributed by atoms with Crippen molar-refractivity contribution in [3.8, 4) is 22.9 Å². The zero-order valence-corrected chi connectivity index (χ0v) is 18.0. The van der Waals surface area contributed by atoms with Crippen LogP contribution < -0.4 is 4.74 Å². The fourth-order valence-corrected chi connectivity index (χ4v) is 4.28. The number of hydrogen-bond acceptors (Lipinski definition) is 5. The summed E-state index contributed by atoms with van der Waals surface area (Å²) < 4.78 is 8.98. The third-order valence-corrected chi connectivity index (χ3v) is 5.08. The maximum absolute atomic E-state index is 10.2. The number of para-hydroxylation sites is 1. The van der Waals surface area contributed by atoms with Crippen LogP contribution in [0.15, 0.2) is 41.5 Å². The van der Waals surface area contributed by atoms with E-state index < -0.39 is 0 Å². The van der Waals surface area contributed by atoms with Gasteiger partial charge >= 0.3 is 0 Å². The van der Waals surface area contributed by atoms with Crippen LogP contribution in [0.1, 0.15) is 5.56 Å². The quantitative estimate of drug-likeness (QED) is 0.274. The first kappa shape index (κ1) is 18.3. The first-order valence-corrected chi connectivity index (χ1v) is 9.61. The van der Waals surface area contributed by atoms with Crippen LogP contribution in [0.3, 0.4) is 0 Å². The number of nitrogens with one attached hydrogen (secondary N) is 1. The molecular weight excluding hydrogens is 566 g/mol. The van der Waals surface area contributed by atoms with E-state index >= 15 is 0 Å². The van der Waals surface area contributed by atoms with Crippen molar-refractivity contribution in [2.45, 2.75) is 0 Å². The summed E-state index contributed by atoms with van der Waals surface area (Å²) in [6, 6.07) is 11.2. The lowest BCUT2D eigenvalue weighted by molar-refractivity contribution is 0.416. The van der Waals surface area contributed by atoms with E-state index in [1.165, 1.54) is 4.68 Å². The minimum absolute atomic E-state index is 0.179. The fourth-order valence-electron chi connectivity index (χ4n) is 2.21. The normalized spacial score (nSPS) is 11.2. The summed E-state index contributed by atoms with van der Waals surface area (Å²) in [4.78, 5) is 0. The largest absolute Gasteiger partial charge is 0.506 e. The van der Waals surface area contributed by atoms with Gasteiger partial charge in [0.05, 0.1) is 22.5 Å². The second-order valence-corrected chi connectivity index (χ2v) is 7.73. The molecule has 1 aromatic heterocycles. The average molecular weight is 578 g/mol. The van der Waals surface area contributed by atoms with Gasteiger partial charge in [0, 0.05) is 9.13 Å². The van der Waals surface area contributed by atoms with Gasteiger partial charge in [0.25, 0.3) is 0 Å². The molecule has 0 unspecified atom stereocenters. The Labute approximate surface area is 176 Å². The van der Waals surface area contributed by atoms with Crippen LogP contribution in [0.25, 0.3) is 11.4 Å². The Balaban J connectivity index is 2.08. The molecule has 25 heavy (non-hydrogen) atoms. The molecule has 0 bridgehead atoms. The van der Waals surface area contributed by atoms with Crippen molar-refractivity contribution in [1.29, 1.82) is 0 Å². The van der Waals surface area contributed by atoms with E-state index in [2.05, 4.69) is 60.5 Å². The lowest BCUT2D eigenvalue weighted by Gasteiger charge is -2.07. The van der Waals surface area contributed by atoms with Gasteiger partial charge in [0.15, 0.2) is 5.82 Å². The molecule has 6 nitrogen and oxygen atoms in total. The number of aromatic nitrogens is 3. The molecule has 0 saturated heterocycles. The number of hydrogen-bond donors (Lipinski definition) is 2. The molecule has 0 aliphatic heterocycles. The van der Waals surface area contributed by atoms with Gasteiger partial charge in [-0.25, -0.2) is 5.10 Å². The third-order valence-electron chi connectivity index (χ3n) is 3.37. The maximum Gasteiger partial charge on any atom is 0.216 e. The van der Waals surface area contributed by atoms with Gasteiger partial charge < -0.3 is 9.84 Å². The number of H-pyrrole nitrogens is 1. The highest BCUT2D eigenvalue weighted by Gasteiger charge is 2.13. The molecule has 1 heterocycles. The number of methoxy groups -OCH3 is 1. The highest BCUT2D eigenvalue weighted by molar-refractivity contribution is 14.1. The molecule has 0 radical (unpaired) electrons. The molecule has 0 aliphatic rings. The summed E-state index contributed by atoms with van der Waals surface area (Å²) in [6.45, 7) is 0. The number of benzene rings is 2. The van der Waals surface area contributed by atoms with Crippen LogP contribution in [-0.2, 0) is 0 Å². The Kier molecular flexibility index (Phi) is 5.74. The summed E-state index contributed by atoms with van der Waals surface area (Å²) in [7, 11) is 1.60. The van der Waals surface area contributed by atoms with Crippen LogP contribution in [0.2, 0.25) is 0 Å². The molecule has 0 atom stereocenters. The predicted molar refractivity (Wildman–Crippen MR) is 116 cm³/mol. The molecule has 128 valence electrons. The summed E-state index contributed by atoms with van der Waals surface area (Å²) in [5.74, 6) is 1.37. The summed E-state index contributed by atoms with van der Waals surface area (Å²) >= 11 is 9.55. The standard InChI is InChI=1S/C16H12I2N4O2S/c1-24-13-5-3-2-4-11(13)15-20-21-16(25)22(15)19-8-9-6-10(17)7-12(18)14(9)23/h2-8,23H,1H3,(H,21,25)/b19-8+. The lowest BCUT2D eigenvalue weighted by atomic mass is 10.2. The van der Waals surface area contributed by atoms with Crippen molar-refractivity contribution >= 4 is 63.6 Å². The zero-order chi connectivity index (χ0) is 18.0. The second kappa shape index (κ2) is 7.83. The Bertz CT molecular complexity index is 1010. The maximum atomic E-state index is 10.2. The highest BCUT2D eigenvalue weighted by atomic mass is 127. The van der Waals surface area contributed by atoms with E-state index in [9.17, 15) is 5.11 Å². The Morgan fingerprint density at radius 2 is 2.08 bits per heavy atom. The Morgan fingerprint density at radius 1 is 1.32 bits per heavy atom. The number of phenols is 1. The van der Waals surface area contributed by atoms with Gasteiger partial charge in [-0.2, -0.15) is 14.9 Å². The number of nitrogens with zero attached hydrogens (tertiary/aromatic N) is 3. The second-order valence-electron chi connectivity index (χ2n) is 4.93. The minimum atomic E-state index is 0.179. The first-order chi connectivity index (χ1) is 12.0. The third kappa shape index (κ3) is 3.87. The Morgan fingerprint density at radius 3 is 2.84 bits per heavy atom. The van der Waals surface area contributed by atoms with E-state index in [-0.39, 0.29) is 5.75 Å². The SMILES string of the molecule is COc1ccccc1-c1n[nH]c(=S)n1/N=C/c1cc(I)cc(I)c1O. The number of ether oxygens (including phenoxy) is 1. The smallest absolute Gasteiger partial charge is 0.216 e. The van der Waals surface area contributed by atoms with Crippen LogP contribution in [0.5, 0.6) is 11.5 Å². The fraction of sp³-hybridized carbons (Fsp3) is 0.0625. The van der Waals surface area contributed by atoms with Crippen LogP contribution >= 0.6 is 57.4 Å². The van der Waals surface area contributed by atoms with E-state index in [0.29, 0.717) is 21.9 Å². The van der Waals surface area contributed by atoms with Gasteiger partial charge in [0.1, 0.15) is 11.5 Å². The van der Waals surface area contributed by atoms with Crippen molar-refractivity contribution < 1.29 is 9.84 Å². The van der Waals surface area contributed by atoms with Crippen molar-refractivity contribution in [2.75, 3.05) is 7.11 Å². The van der Waals surface area contributed by atoms with Gasteiger partial charge in [0.2, 0.25) is 4.77 Å². The molecule has 3 aromatic rings. The van der Waals surface area contributed by atoms with Crippen LogP contribution in [0, 0.1) is 11.9 Å². The van der Waals surface area contributed by atoms with Crippen LogP contribution in [0.4, 0.5) is 0 Å². The average Bonchev–Trinajstić information content (AvgIpc) is 2.97. The number of phenolic OH excluding ortho intramolecular Hbond substituents is 1. The van der Waals surface area contributed by atoms with Gasteiger partial charge in [-0.1, -0.05) is 12.1 Å². The summed E-state index contributed by atoms with van der Waals surface area (Å²) in [5.41, 5.74) is 1.36. The zero-order valence-electron chi connectivity index (χ0n) is 12.9. The monoisotopic (exact) mass is 578 g/mol. The number of aromatic amines is 1. The van der Waals surface area contributed by atoms with E-state index in [0.717, 1.165) is 12.7 Å². The first-order valence-electron chi connectivity index (χ1n) is 7.04. The molecule has 3 rings (SSSR count). The highest BCUT2D eigenvalue weighted by Crippen LogP contribution is 2.29. The molecule has 9 heteroatoms. The van der Waals surface area contributed by atoms with E-state index in [1.807, 2.05) is 36.4 Å². The van der Waals surface area contributed by atoms with E-state index in [1.54, 1.807) is 13.3 Å². The van der Waals surface area contributed by atoms with Gasteiger partial charge in [-0.3, -0.25) is 0 Å². The van der Waals surface area contributed by atoms with Crippen LogP contribution in [-0.4, -0.2) is 33.3 Å². The molecule has 0 spiro atoms. The molecule has 0 saturated carbocycles. The lowest BCUT2D eigenvalue weighted by Crippen LogP contribution is -1.97. The van der Waals surface area contributed by atoms with E-state index in [4.69, 9.17) is 17.0 Å².